The van der Waals surface area contributed by atoms with Gasteiger partial charge in [-0.15, -0.1) is 0 Å². The molecule has 0 aliphatic rings. The SMILES string of the molecule is CCOC(=O)CCNC(c1ccccc1O)c1ccccc1O. The topological polar surface area (TPSA) is 78.8 Å². The Kier molecular flexibility index (Phi) is 6.00. The molecule has 0 unspecified atom stereocenters. The van der Waals surface area contributed by atoms with Gasteiger partial charge in [-0.1, -0.05) is 36.4 Å². The van der Waals surface area contributed by atoms with Crippen molar-refractivity contribution in [2.75, 3.05) is 13.2 Å². The number of phenolic OH excluding ortho intramolecular Hbond substituents is 2. The van der Waals surface area contributed by atoms with Crippen LogP contribution in [0.3, 0.4) is 0 Å². The fourth-order valence-electron chi connectivity index (χ4n) is 2.40. The number of hydrogen-bond donors (Lipinski definition) is 3. The molecule has 5 heteroatoms. The van der Waals surface area contributed by atoms with Crippen LogP contribution in [-0.2, 0) is 9.53 Å². The van der Waals surface area contributed by atoms with Crippen molar-refractivity contribution in [1.29, 1.82) is 0 Å². The predicted molar refractivity (Wildman–Crippen MR) is 87.3 cm³/mol. The van der Waals surface area contributed by atoms with Gasteiger partial charge in [-0.25, -0.2) is 0 Å². The maximum Gasteiger partial charge on any atom is 0.307 e. The van der Waals surface area contributed by atoms with Gasteiger partial charge >= 0.3 is 5.97 Å². The number of benzene rings is 2. The van der Waals surface area contributed by atoms with E-state index in [0.717, 1.165) is 0 Å². The fourth-order valence-corrected chi connectivity index (χ4v) is 2.40. The lowest BCUT2D eigenvalue weighted by Crippen LogP contribution is -2.25. The number of esters is 1. The molecule has 3 N–H and O–H groups in total. The first kappa shape index (κ1) is 16.8. The summed E-state index contributed by atoms with van der Waals surface area (Å²) in [4.78, 5) is 11.5. The highest BCUT2D eigenvalue weighted by Crippen LogP contribution is 2.33. The zero-order valence-corrected chi connectivity index (χ0v) is 13.0. The van der Waals surface area contributed by atoms with Crippen molar-refractivity contribution in [2.24, 2.45) is 0 Å². The number of carbonyl (C=O) groups excluding carboxylic acids is 1. The third-order valence-corrected chi connectivity index (χ3v) is 3.48. The highest BCUT2D eigenvalue weighted by molar-refractivity contribution is 5.69. The Balaban J connectivity index is 2.21. The predicted octanol–water partition coefficient (Wildman–Crippen LogP) is 2.73. The smallest absolute Gasteiger partial charge is 0.307 e. The minimum absolute atomic E-state index is 0.129. The highest BCUT2D eigenvalue weighted by Gasteiger charge is 2.20. The largest absolute Gasteiger partial charge is 0.508 e. The maximum absolute atomic E-state index is 11.5. The van der Waals surface area contributed by atoms with E-state index < -0.39 is 6.04 Å². The second-order valence-electron chi connectivity index (χ2n) is 5.06. The van der Waals surface area contributed by atoms with Crippen LogP contribution in [0.15, 0.2) is 48.5 Å². The Morgan fingerprint density at radius 2 is 1.57 bits per heavy atom. The molecule has 0 aromatic heterocycles. The maximum atomic E-state index is 11.5. The summed E-state index contributed by atoms with van der Waals surface area (Å²) in [7, 11) is 0. The zero-order chi connectivity index (χ0) is 16.7. The molecule has 0 radical (unpaired) electrons. The van der Waals surface area contributed by atoms with Gasteiger partial charge in [0.2, 0.25) is 0 Å². The van der Waals surface area contributed by atoms with Crippen molar-refractivity contribution in [3.05, 3.63) is 59.7 Å². The second-order valence-corrected chi connectivity index (χ2v) is 5.06. The van der Waals surface area contributed by atoms with Crippen LogP contribution in [0.25, 0.3) is 0 Å². The molecular formula is C18H21NO4. The number of carbonyl (C=O) groups is 1. The van der Waals surface area contributed by atoms with Crippen molar-refractivity contribution in [1.82, 2.24) is 5.32 Å². The fraction of sp³-hybridized carbons (Fsp3) is 0.278. The minimum atomic E-state index is -0.424. The molecular weight excluding hydrogens is 294 g/mol. The van der Waals surface area contributed by atoms with Crippen LogP contribution >= 0.6 is 0 Å². The highest BCUT2D eigenvalue weighted by atomic mass is 16.5. The lowest BCUT2D eigenvalue weighted by Gasteiger charge is -2.21. The summed E-state index contributed by atoms with van der Waals surface area (Å²) in [5.74, 6) is -0.0258. The number of ether oxygens (including phenoxy) is 1. The summed E-state index contributed by atoms with van der Waals surface area (Å²) in [5, 5.41) is 23.4. The Hall–Kier alpha value is -2.53. The zero-order valence-electron chi connectivity index (χ0n) is 13.0. The van der Waals surface area contributed by atoms with E-state index >= 15 is 0 Å². The van der Waals surface area contributed by atoms with Crippen molar-refractivity contribution < 1.29 is 19.7 Å². The van der Waals surface area contributed by atoms with Gasteiger partial charge in [0.15, 0.2) is 0 Å². The Morgan fingerprint density at radius 3 is 2.04 bits per heavy atom. The molecule has 0 heterocycles. The van der Waals surface area contributed by atoms with E-state index in [9.17, 15) is 15.0 Å². The van der Waals surface area contributed by atoms with Crippen LogP contribution < -0.4 is 5.32 Å². The van der Waals surface area contributed by atoms with E-state index in [4.69, 9.17) is 4.74 Å². The molecule has 0 spiro atoms. The van der Waals surface area contributed by atoms with Gasteiger partial charge in [-0.3, -0.25) is 4.79 Å². The third kappa shape index (κ3) is 4.47. The molecule has 122 valence electrons. The Morgan fingerprint density at radius 1 is 1.04 bits per heavy atom. The van der Waals surface area contributed by atoms with E-state index in [0.29, 0.717) is 24.3 Å². The van der Waals surface area contributed by atoms with Crippen LogP contribution in [0.2, 0.25) is 0 Å². The summed E-state index contributed by atoms with van der Waals surface area (Å²) in [6, 6.07) is 13.4. The molecule has 0 saturated carbocycles. The Labute approximate surface area is 135 Å². The number of phenols is 2. The summed E-state index contributed by atoms with van der Waals surface area (Å²) >= 11 is 0. The first-order valence-corrected chi connectivity index (χ1v) is 7.58. The van der Waals surface area contributed by atoms with Gasteiger partial charge in [0.1, 0.15) is 11.5 Å². The normalized spacial score (nSPS) is 10.7. The van der Waals surface area contributed by atoms with Gasteiger partial charge in [0, 0.05) is 17.7 Å². The quantitative estimate of drug-likeness (QED) is 0.685. The number of para-hydroxylation sites is 2. The molecule has 2 rings (SSSR count). The van der Waals surface area contributed by atoms with E-state index in [1.807, 2.05) is 12.1 Å². The van der Waals surface area contributed by atoms with Crippen LogP contribution in [-0.4, -0.2) is 29.3 Å². The lowest BCUT2D eigenvalue weighted by atomic mass is 9.97. The third-order valence-electron chi connectivity index (χ3n) is 3.48. The molecule has 2 aromatic carbocycles. The van der Waals surface area contributed by atoms with E-state index in [1.165, 1.54) is 0 Å². The van der Waals surface area contributed by atoms with E-state index in [2.05, 4.69) is 5.32 Å². The van der Waals surface area contributed by atoms with Gasteiger partial charge in [-0.2, -0.15) is 0 Å². The molecule has 0 fully saturated rings. The summed E-state index contributed by atoms with van der Waals surface area (Å²) in [6.45, 7) is 2.48. The van der Waals surface area contributed by atoms with Crippen LogP contribution in [0.1, 0.15) is 30.5 Å². The van der Waals surface area contributed by atoms with Crippen molar-refractivity contribution in [2.45, 2.75) is 19.4 Å². The number of aromatic hydroxyl groups is 2. The van der Waals surface area contributed by atoms with Gasteiger partial charge in [0.25, 0.3) is 0 Å². The number of hydrogen-bond acceptors (Lipinski definition) is 5. The summed E-state index contributed by atoms with van der Waals surface area (Å²) in [6.07, 6.45) is 0.214. The molecule has 0 saturated heterocycles. The molecule has 0 atom stereocenters. The average molecular weight is 315 g/mol. The van der Waals surface area contributed by atoms with Gasteiger partial charge in [0.05, 0.1) is 19.1 Å². The standard InChI is InChI=1S/C18H21NO4/c1-2-23-17(22)11-12-19-18(13-7-3-5-9-15(13)20)14-8-4-6-10-16(14)21/h3-10,18-21H,2,11-12H2,1H3. The van der Waals surface area contributed by atoms with Crippen LogP contribution in [0.4, 0.5) is 0 Å². The van der Waals surface area contributed by atoms with Gasteiger partial charge in [-0.05, 0) is 19.1 Å². The van der Waals surface area contributed by atoms with Gasteiger partial charge < -0.3 is 20.3 Å². The number of rotatable bonds is 7. The lowest BCUT2D eigenvalue weighted by molar-refractivity contribution is -0.142. The molecule has 2 aromatic rings. The first-order valence-electron chi connectivity index (χ1n) is 7.58. The molecule has 0 aliphatic carbocycles. The van der Waals surface area contributed by atoms with E-state index in [1.54, 1.807) is 43.3 Å². The van der Waals surface area contributed by atoms with Crippen LogP contribution in [0.5, 0.6) is 11.5 Å². The van der Waals surface area contributed by atoms with E-state index in [-0.39, 0.29) is 23.9 Å². The minimum Gasteiger partial charge on any atom is -0.508 e. The van der Waals surface area contributed by atoms with Crippen molar-refractivity contribution >= 4 is 5.97 Å². The summed E-state index contributed by atoms with van der Waals surface area (Å²) < 4.78 is 4.90. The number of nitrogens with one attached hydrogen (secondary N) is 1. The molecule has 23 heavy (non-hydrogen) atoms. The summed E-state index contributed by atoms with van der Waals surface area (Å²) in [5.41, 5.74) is 1.27. The van der Waals surface area contributed by atoms with Crippen molar-refractivity contribution in [3.8, 4) is 11.5 Å². The first-order chi connectivity index (χ1) is 11.1. The molecule has 0 aliphatic heterocycles. The molecule has 0 bridgehead atoms. The average Bonchev–Trinajstić information content (AvgIpc) is 2.54. The molecule has 5 nitrogen and oxygen atoms in total. The molecule has 0 amide bonds. The Bertz CT molecular complexity index is 611. The van der Waals surface area contributed by atoms with Crippen LogP contribution in [0, 0.1) is 0 Å². The van der Waals surface area contributed by atoms with Crippen molar-refractivity contribution in [3.63, 3.8) is 0 Å². The monoisotopic (exact) mass is 315 g/mol. The second kappa shape index (κ2) is 8.19.